The topological polar surface area (TPSA) is 42.2 Å². The Morgan fingerprint density at radius 1 is 1.31 bits per heavy atom. The van der Waals surface area contributed by atoms with Crippen LogP contribution in [0.5, 0.6) is 11.5 Å². The fourth-order valence-electron chi connectivity index (χ4n) is 1.73. The Morgan fingerprint density at radius 2 is 1.94 bits per heavy atom. The highest BCUT2D eigenvalue weighted by Gasteiger charge is 2.17. The lowest BCUT2D eigenvalue weighted by Crippen LogP contribution is -2.00. The van der Waals surface area contributed by atoms with Crippen LogP contribution < -0.4 is 9.47 Å². The van der Waals surface area contributed by atoms with Crippen molar-refractivity contribution in [3.63, 3.8) is 0 Å². The summed E-state index contributed by atoms with van der Waals surface area (Å²) in [6.07, 6.45) is 1.09. The van der Waals surface area contributed by atoms with Crippen molar-refractivity contribution in [1.29, 1.82) is 5.26 Å². The second-order valence-electron chi connectivity index (χ2n) is 3.25. The van der Waals surface area contributed by atoms with Gasteiger partial charge in [0.1, 0.15) is 0 Å². The molecule has 0 N–H and O–H groups in total. The molecule has 0 radical (unpaired) electrons. The summed E-state index contributed by atoms with van der Waals surface area (Å²) < 4.78 is 10.5. The van der Waals surface area contributed by atoms with E-state index in [1.54, 1.807) is 20.3 Å². The highest BCUT2D eigenvalue weighted by Crippen LogP contribution is 2.40. The highest BCUT2D eigenvalue weighted by atomic mass is 35.5. The fraction of sp³-hybridized carbons (Fsp3) is 0.417. The third-order valence-corrected chi connectivity index (χ3v) is 2.70. The Kier molecular flexibility index (Phi) is 4.45. The molecule has 0 bridgehead atoms. The number of benzene rings is 1. The van der Waals surface area contributed by atoms with Gasteiger partial charge >= 0.3 is 0 Å². The minimum Gasteiger partial charge on any atom is -0.493 e. The molecule has 0 heterocycles. The lowest BCUT2D eigenvalue weighted by Gasteiger charge is -2.16. The summed E-state index contributed by atoms with van der Waals surface area (Å²) >= 11 is 6.06. The molecule has 0 aromatic heterocycles. The molecule has 0 atom stereocenters. The van der Waals surface area contributed by atoms with Gasteiger partial charge in [0.25, 0.3) is 0 Å². The molecule has 86 valence electrons. The van der Waals surface area contributed by atoms with Crippen molar-refractivity contribution in [1.82, 2.24) is 0 Å². The Labute approximate surface area is 101 Å². The summed E-state index contributed by atoms with van der Waals surface area (Å²) in [7, 11) is 3.12. The number of nitrogens with zero attached hydrogens (tertiary/aromatic N) is 1. The summed E-state index contributed by atoms with van der Waals surface area (Å²) in [6.45, 7) is 2.01. The van der Waals surface area contributed by atoms with Gasteiger partial charge in [0.05, 0.1) is 31.7 Å². The van der Waals surface area contributed by atoms with Crippen LogP contribution in [0.2, 0.25) is 5.02 Å². The first-order valence-corrected chi connectivity index (χ1v) is 5.36. The smallest absolute Gasteiger partial charge is 0.179 e. The van der Waals surface area contributed by atoms with Crippen molar-refractivity contribution in [2.24, 2.45) is 0 Å². The van der Waals surface area contributed by atoms with Gasteiger partial charge in [-0.05, 0) is 18.1 Å². The summed E-state index contributed by atoms with van der Waals surface area (Å²) in [5.74, 6) is 1.16. The van der Waals surface area contributed by atoms with E-state index in [0.29, 0.717) is 22.9 Å². The van der Waals surface area contributed by atoms with Gasteiger partial charge in [0.15, 0.2) is 11.5 Å². The molecule has 1 aromatic carbocycles. The van der Waals surface area contributed by atoms with Gasteiger partial charge in [-0.15, -0.1) is 0 Å². The highest BCUT2D eigenvalue weighted by molar-refractivity contribution is 6.32. The first-order chi connectivity index (χ1) is 7.69. The van der Waals surface area contributed by atoms with Crippen LogP contribution in [0.1, 0.15) is 18.1 Å². The summed E-state index contributed by atoms with van der Waals surface area (Å²) in [5, 5.41) is 9.23. The number of nitriles is 1. The molecule has 0 amide bonds. The second kappa shape index (κ2) is 5.62. The van der Waals surface area contributed by atoms with Gasteiger partial charge in [-0.25, -0.2) is 0 Å². The third kappa shape index (κ3) is 2.23. The molecule has 3 nitrogen and oxygen atoms in total. The zero-order chi connectivity index (χ0) is 12.1. The van der Waals surface area contributed by atoms with Crippen LogP contribution in [0.25, 0.3) is 0 Å². The lowest BCUT2D eigenvalue weighted by atomic mass is 10.0. The standard InChI is InChI=1S/C12H14ClNO2/c1-4-9-8(5-6-14)7-10(13)12(16-3)11(9)15-2/h7H,4-5H2,1-3H3. The Hall–Kier alpha value is -1.40. The van der Waals surface area contributed by atoms with Crippen LogP contribution in [0, 0.1) is 11.3 Å². The fourth-order valence-corrected chi connectivity index (χ4v) is 2.03. The number of ether oxygens (including phenoxy) is 2. The predicted octanol–water partition coefficient (Wildman–Crippen LogP) is 2.99. The normalized spacial score (nSPS) is 9.69. The van der Waals surface area contributed by atoms with E-state index >= 15 is 0 Å². The Balaban J connectivity index is 3.45. The molecule has 0 aliphatic heterocycles. The van der Waals surface area contributed by atoms with Gasteiger partial charge in [-0.1, -0.05) is 18.5 Å². The molecule has 16 heavy (non-hydrogen) atoms. The SMILES string of the molecule is CCc1c(CC#N)cc(Cl)c(OC)c1OC. The van der Waals surface area contributed by atoms with Crippen molar-refractivity contribution >= 4 is 11.6 Å². The number of methoxy groups -OCH3 is 2. The summed E-state index contributed by atoms with van der Waals surface area (Å²) in [5.41, 5.74) is 1.87. The van der Waals surface area contributed by atoms with E-state index < -0.39 is 0 Å². The molecule has 0 saturated heterocycles. The summed E-state index contributed by atoms with van der Waals surface area (Å²) in [4.78, 5) is 0. The molecule has 0 unspecified atom stereocenters. The quantitative estimate of drug-likeness (QED) is 0.811. The molecule has 1 aromatic rings. The molecule has 0 aliphatic carbocycles. The second-order valence-corrected chi connectivity index (χ2v) is 3.66. The molecule has 4 heteroatoms. The monoisotopic (exact) mass is 239 g/mol. The molecule has 0 fully saturated rings. The maximum atomic E-state index is 8.76. The van der Waals surface area contributed by atoms with E-state index in [2.05, 4.69) is 6.07 Å². The van der Waals surface area contributed by atoms with Crippen molar-refractivity contribution in [3.05, 3.63) is 22.2 Å². The maximum absolute atomic E-state index is 8.76. The van der Waals surface area contributed by atoms with E-state index in [4.69, 9.17) is 26.3 Å². The molecule has 1 rings (SSSR count). The minimum absolute atomic E-state index is 0.323. The van der Waals surface area contributed by atoms with Crippen molar-refractivity contribution < 1.29 is 9.47 Å². The van der Waals surface area contributed by atoms with Gasteiger partial charge in [-0.3, -0.25) is 0 Å². The molecule has 0 spiro atoms. The van der Waals surface area contributed by atoms with E-state index in [9.17, 15) is 0 Å². The number of rotatable bonds is 4. The number of hydrogen-bond donors (Lipinski definition) is 0. The van der Waals surface area contributed by atoms with Crippen LogP contribution in [0.15, 0.2) is 6.07 Å². The average Bonchev–Trinajstić information content (AvgIpc) is 2.28. The van der Waals surface area contributed by atoms with E-state index in [0.717, 1.165) is 17.5 Å². The maximum Gasteiger partial charge on any atom is 0.179 e. The zero-order valence-electron chi connectivity index (χ0n) is 9.63. The van der Waals surface area contributed by atoms with Crippen molar-refractivity contribution in [3.8, 4) is 17.6 Å². The number of hydrogen-bond acceptors (Lipinski definition) is 3. The van der Waals surface area contributed by atoms with Gasteiger partial charge in [0.2, 0.25) is 0 Å². The zero-order valence-corrected chi connectivity index (χ0v) is 10.4. The van der Waals surface area contributed by atoms with E-state index in [1.807, 2.05) is 6.92 Å². The first kappa shape index (κ1) is 12.7. The molecular weight excluding hydrogens is 226 g/mol. The average molecular weight is 240 g/mol. The van der Waals surface area contributed by atoms with Crippen LogP contribution >= 0.6 is 11.6 Å². The molecule has 0 aliphatic rings. The third-order valence-electron chi connectivity index (χ3n) is 2.42. The van der Waals surface area contributed by atoms with Crippen molar-refractivity contribution in [2.45, 2.75) is 19.8 Å². The largest absolute Gasteiger partial charge is 0.493 e. The van der Waals surface area contributed by atoms with E-state index in [1.165, 1.54) is 0 Å². The van der Waals surface area contributed by atoms with Crippen LogP contribution in [0.4, 0.5) is 0 Å². The molecular formula is C12H14ClNO2. The van der Waals surface area contributed by atoms with Gasteiger partial charge in [0, 0.05) is 5.56 Å². The van der Waals surface area contributed by atoms with Crippen LogP contribution in [-0.2, 0) is 12.8 Å². The van der Waals surface area contributed by atoms with Gasteiger partial charge < -0.3 is 9.47 Å². The Bertz CT molecular complexity index is 424. The van der Waals surface area contributed by atoms with Crippen LogP contribution in [0.3, 0.4) is 0 Å². The lowest BCUT2D eigenvalue weighted by molar-refractivity contribution is 0.351. The minimum atomic E-state index is 0.323. The summed E-state index contributed by atoms with van der Waals surface area (Å²) in [6, 6.07) is 3.89. The predicted molar refractivity (Wildman–Crippen MR) is 63.3 cm³/mol. The van der Waals surface area contributed by atoms with Crippen molar-refractivity contribution in [2.75, 3.05) is 14.2 Å². The number of halogens is 1. The van der Waals surface area contributed by atoms with E-state index in [-0.39, 0.29) is 0 Å². The molecule has 0 saturated carbocycles. The van der Waals surface area contributed by atoms with Crippen LogP contribution in [-0.4, -0.2) is 14.2 Å². The van der Waals surface area contributed by atoms with Gasteiger partial charge in [-0.2, -0.15) is 5.26 Å². The Morgan fingerprint density at radius 3 is 2.38 bits per heavy atom. The first-order valence-electron chi connectivity index (χ1n) is 4.98.